The quantitative estimate of drug-likeness (QED) is 0.758. The van der Waals surface area contributed by atoms with Gasteiger partial charge in [-0.1, -0.05) is 18.2 Å². The van der Waals surface area contributed by atoms with Crippen molar-refractivity contribution in [2.24, 2.45) is 0 Å². The molecule has 1 saturated heterocycles. The Bertz CT molecular complexity index is 478. The molecule has 15 heavy (non-hydrogen) atoms. The van der Waals surface area contributed by atoms with Crippen LogP contribution < -0.4 is 5.32 Å². The maximum Gasteiger partial charge on any atom is 0.136 e. The molecule has 0 spiro atoms. The molecule has 1 fully saturated rings. The molecule has 1 aromatic heterocycles. The minimum Gasteiger partial charge on any atom is -0.358 e. The molecule has 1 N–H and O–H groups in total. The fourth-order valence-electron chi connectivity index (χ4n) is 1.80. The first-order valence-electron chi connectivity index (χ1n) is 5.06. The molecule has 1 aromatic carbocycles. The van der Waals surface area contributed by atoms with Crippen LogP contribution in [0.3, 0.4) is 0 Å². The number of hydrogen-bond acceptors (Lipinski definition) is 3. The van der Waals surface area contributed by atoms with Crippen LogP contribution in [0, 0.1) is 6.20 Å². The highest BCUT2D eigenvalue weighted by atomic mass is 16.5. The van der Waals surface area contributed by atoms with E-state index in [9.17, 15) is 0 Å². The summed E-state index contributed by atoms with van der Waals surface area (Å²) in [5, 5.41) is 4.37. The number of para-hydroxylation sites is 1. The van der Waals surface area contributed by atoms with E-state index in [2.05, 4.69) is 28.6 Å². The monoisotopic (exact) mass is 199 g/mol. The van der Waals surface area contributed by atoms with E-state index >= 15 is 0 Å². The second kappa shape index (κ2) is 3.61. The maximum atomic E-state index is 5.51. The molecule has 1 aliphatic heterocycles. The van der Waals surface area contributed by atoms with Crippen LogP contribution in [-0.4, -0.2) is 18.1 Å². The number of aromatic nitrogens is 1. The highest BCUT2D eigenvalue weighted by molar-refractivity contribution is 5.78. The standard InChI is InChI=1S/C12H11N2O/c1-2-4-11-9(3-1)7-10(8-14-11)12-13-5-6-15-12/h1-4,7,12-13H,5-6H2. The van der Waals surface area contributed by atoms with E-state index in [-0.39, 0.29) is 6.23 Å². The predicted octanol–water partition coefficient (Wildman–Crippen LogP) is 1.65. The van der Waals surface area contributed by atoms with Crippen LogP contribution in [0.2, 0.25) is 0 Å². The molecule has 0 amide bonds. The smallest absolute Gasteiger partial charge is 0.136 e. The van der Waals surface area contributed by atoms with Gasteiger partial charge in [0.05, 0.1) is 18.3 Å². The Kier molecular flexibility index (Phi) is 2.12. The molecule has 0 aliphatic carbocycles. The summed E-state index contributed by atoms with van der Waals surface area (Å²) in [5.41, 5.74) is 1.95. The zero-order chi connectivity index (χ0) is 10.1. The van der Waals surface area contributed by atoms with E-state index in [1.165, 1.54) is 0 Å². The van der Waals surface area contributed by atoms with Gasteiger partial charge in [0.15, 0.2) is 0 Å². The molecule has 2 aromatic rings. The first-order valence-corrected chi connectivity index (χ1v) is 5.06. The van der Waals surface area contributed by atoms with Crippen molar-refractivity contribution in [1.29, 1.82) is 0 Å². The molecule has 2 heterocycles. The lowest BCUT2D eigenvalue weighted by Gasteiger charge is -2.09. The molecular formula is C12H11N2O. The van der Waals surface area contributed by atoms with E-state index < -0.39 is 0 Å². The van der Waals surface area contributed by atoms with Crippen molar-refractivity contribution in [3.05, 3.63) is 42.1 Å². The van der Waals surface area contributed by atoms with Gasteiger partial charge in [0.1, 0.15) is 6.23 Å². The van der Waals surface area contributed by atoms with E-state index in [1.807, 2.05) is 18.2 Å². The van der Waals surface area contributed by atoms with Crippen molar-refractivity contribution in [2.45, 2.75) is 6.23 Å². The van der Waals surface area contributed by atoms with Crippen molar-refractivity contribution in [1.82, 2.24) is 10.3 Å². The third-order valence-electron chi connectivity index (χ3n) is 2.55. The molecule has 1 unspecified atom stereocenters. The fourth-order valence-corrected chi connectivity index (χ4v) is 1.80. The van der Waals surface area contributed by atoms with Crippen molar-refractivity contribution < 1.29 is 4.74 Å². The van der Waals surface area contributed by atoms with Gasteiger partial charge in [0.25, 0.3) is 0 Å². The fraction of sp³-hybridized carbons (Fsp3) is 0.250. The van der Waals surface area contributed by atoms with Gasteiger partial charge in [-0.25, -0.2) is 4.98 Å². The molecule has 1 aliphatic rings. The number of rotatable bonds is 1. The van der Waals surface area contributed by atoms with Gasteiger partial charge < -0.3 is 4.74 Å². The van der Waals surface area contributed by atoms with Gasteiger partial charge in [0, 0.05) is 17.5 Å². The summed E-state index contributed by atoms with van der Waals surface area (Å²) < 4.78 is 5.51. The van der Waals surface area contributed by atoms with Crippen molar-refractivity contribution >= 4 is 10.9 Å². The van der Waals surface area contributed by atoms with E-state index in [1.54, 1.807) is 0 Å². The van der Waals surface area contributed by atoms with Gasteiger partial charge in [-0.05, 0) is 12.1 Å². The number of nitrogens with one attached hydrogen (secondary N) is 1. The normalized spacial score (nSPS) is 20.9. The molecule has 0 saturated carbocycles. The van der Waals surface area contributed by atoms with Crippen LogP contribution in [0.25, 0.3) is 10.9 Å². The molecule has 3 rings (SSSR count). The Balaban J connectivity index is 2.05. The number of benzene rings is 1. The third-order valence-corrected chi connectivity index (χ3v) is 2.55. The summed E-state index contributed by atoms with van der Waals surface area (Å²) in [7, 11) is 0. The number of hydrogen-bond donors (Lipinski definition) is 1. The summed E-state index contributed by atoms with van der Waals surface area (Å²) in [5.74, 6) is 0. The molecule has 3 heteroatoms. The molecule has 1 radical (unpaired) electrons. The van der Waals surface area contributed by atoms with Crippen molar-refractivity contribution in [3.63, 3.8) is 0 Å². The first kappa shape index (κ1) is 8.83. The average Bonchev–Trinajstić information content (AvgIpc) is 2.82. The number of fused-ring (bicyclic) bond motifs is 1. The summed E-state index contributed by atoms with van der Waals surface area (Å²) >= 11 is 0. The van der Waals surface area contributed by atoms with Crippen LogP contribution in [-0.2, 0) is 4.74 Å². The Morgan fingerprint density at radius 3 is 3.20 bits per heavy atom. The first-order chi connectivity index (χ1) is 7.43. The minimum absolute atomic E-state index is 0.0397. The molecule has 0 bridgehead atoms. The second-order valence-electron chi connectivity index (χ2n) is 3.59. The Labute approximate surface area is 88.1 Å². The molecule has 75 valence electrons. The van der Waals surface area contributed by atoms with Gasteiger partial charge >= 0.3 is 0 Å². The Morgan fingerprint density at radius 1 is 1.40 bits per heavy atom. The minimum atomic E-state index is -0.0397. The van der Waals surface area contributed by atoms with Gasteiger partial charge in [-0.3, -0.25) is 5.32 Å². The summed E-state index contributed by atoms with van der Waals surface area (Å²) in [6.07, 6.45) is 2.98. The highest BCUT2D eigenvalue weighted by Gasteiger charge is 2.17. The average molecular weight is 199 g/mol. The predicted molar refractivity (Wildman–Crippen MR) is 57.3 cm³/mol. The van der Waals surface area contributed by atoms with Crippen LogP contribution in [0.4, 0.5) is 0 Å². The second-order valence-corrected chi connectivity index (χ2v) is 3.59. The highest BCUT2D eigenvalue weighted by Crippen LogP contribution is 2.20. The maximum absolute atomic E-state index is 5.51. The lowest BCUT2D eigenvalue weighted by atomic mass is 10.1. The number of nitrogens with zero attached hydrogens (tertiary/aromatic N) is 1. The Morgan fingerprint density at radius 2 is 2.33 bits per heavy atom. The van der Waals surface area contributed by atoms with E-state index in [0.717, 1.165) is 29.6 Å². The summed E-state index contributed by atoms with van der Waals surface area (Å²) in [6, 6.07) is 10.1. The number of ether oxygens (including phenoxy) is 1. The SMILES string of the molecule is [c]1nc2ccccc2cc1C1NCCO1. The summed E-state index contributed by atoms with van der Waals surface area (Å²) in [4.78, 5) is 4.28. The van der Waals surface area contributed by atoms with Crippen LogP contribution >= 0.6 is 0 Å². The Hall–Kier alpha value is -1.45. The van der Waals surface area contributed by atoms with E-state index in [4.69, 9.17) is 4.74 Å². The third kappa shape index (κ3) is 1.60. The van der Waals surface area contributed by atoms with Crippen molar-refractivity contribution in [2.75, 3.05) is 13.2 Å². The van der Waals surface area contributed by atoms with Crippen LogP contribution in [0.15, 0.2) is 30.3 Å². The lowest BCUT2D eigenvalue weighted by Crippen LogP contribution is -2.14. The van der Waals surface area contributed by atoms with Crippen molar-refractivity contribution in [3.8, 4) is 0 Å². The molecular weight excluding hydrogens is 188 g/mol. The van der Waals surface area contributed by atoms with Gasteiger partial charge in [-0.2, -0.15) is 0 Å². The van der Waals surface area contributed by atoms with Crippen LogP contribution in [0.1, 0.15) is 11.8 Å². The molecule has 1 atom stereocenters. The largest absolute Gasteiger partial charge is 0.358 e. The molecule has 3 nitrogen and oxygen atoms in total. The van der Waals surface area contributed by atoms with Gasteiger partial charge in [0.2, 0.25) is 0 Å². The van der Waals surface area contributed by atoms with Gasteiger partial charge in [-0.15, -0.1) is 0 Å². The number of pyridine rings is 1. The zero-order valence-corrected chi connectivity index (χ0v) is 8.23. The zero-order valence-electron chi connectivity index (χ0n) is 8.23. The summed E-state index contributed by atoms with van der Waals surface area (Å²) in [6.45, 7) is 1.65. The van der Waals surface area contributed by atoms with Crippen LogP contribution in [0.5, 0.6) is 0 Å². The topological polar surface area (TPSA) is 34.2 Å². The van der Waals surface area contributed by atoms with E-state index in [0.29, 0.717) is 0 Å². The lowest BCUT2D eigenvalue weighted by molar-refractivity contribution is 0.102.